The van der Waals surface area contributed by atoms with Gasteiger partial charge in [-0.25, -0.2) is 4.98 Å². The maximum atomic E-state index is 12.4. The number of halogens is 3. The van der Waals surface area contributed by atoms with E-state index in [1.807, 2.05) is 29.2 Å². The third-order valence-corrected chi connectivity index (χ3v) is 4.37. The lowest BCUT2D eigenvalue weighted by Crippen LogP contribution is -2.42. The van der Waals surface area contributed by atoms with Crippen LogP contribution in [0.15, 0.2) is 47.1 Å². The van der Waals surface area contributed by atoms with Crippen LogP contribution in [0.2, 0.25) is 0 Å². The molecular formula is C17H20BrCl2N3O2. The van der Waals surface area contributed by atoms with Gasteiger partial charge >= 0.3 is 0 Å². The third-order valence-electron chi connectivity index (χ3n) is 3.85. The minimum absolute atomic E-state index is 0. The number of ether oxygens (including phenoxy) is 1. The Morgan fingerprint density at radius 3 is 2.32 bits per heavy atom. The number of likely N-dealkylation sites (tertiary alicyclic amines) is 1. The summed E-state index contributed by atoms with van der Waals surface area (Å²) in [6.07, 6.45) is 3.26. The van der Waals surface area contributed by atoms with Crippen LogP contribution in [0.4, 0.5) is 0 Å². The van der Waals surface area contributed by atoms with Crippen LogP contribution >= 0.6 is 40.7 Å². The molecule has 5 nitrogen and oxygen atoms in total. The molecule has 2 heterocycles. The van der Waals surface area contributed by atoms with Crippen molar-refractivity contribution in [1.29, 1.82) is 0 Å². The maximum absolute atomic E-state index is 12.4. The van der Waals surface area contributed by atoms with Crippen molar-refractivity contribution in [3.63, 3.8) is 0 Å². The van der Waals surface area contributed by atoms with E-state index in [1.54, 1.807) is 18.3 Å². The van der Waals surface area contributed by atoms with Gasteiger partial charge in [-0.05, 0) is 43.2 Å². The van der Waals surface area contributed by atoms with Crippen LogP contribution in [0.5, 0.6) is 11.6 Å². The number of rotatable bonds is 3. The number of hydrogen-bond acceptors (Lipinski definition) is 4. The molecule has 25 heavy (non-hydrogen) atoms. The second kappa shape index (κ2) is 9.97. The zero-order chi connectivity index (χ0) is 16.2. The average molecular weight is 449 g/mol. The van der Waals surface area contributed by atoms with Crippen molar-refractivity contribution in [2.75, 3.05) is 13.1 Å². The molecule has 1 amide bonds. The van der Waals surface area contributed by atoms with E-state index < -0.39 is 0 Å². The highest BCUT2D eigenvalue weighted by Gasteiger charge is 2.21. The topological polar surface area (TPSA) is 68.5 Å². The molecule has 1 aromatic carbocycles. The number of carbonyl (C=O) groups excluding carboxylic acids is 1. The van der Waals surface area contributed by atoms with E-state index in [4.69, 9.17) is 10.5 Å². The Morgan fingerprint density at radius 2 is 1.76 bits per heavy atom. The standard InChI is InChI=1S/C17H18BrN3O2.2ClH/c18-13-2-4-15(5-3-13)23-16-6-1-12(11-20-16)17(22)21-9-7-14(19)8-10-21;;/h1-6,11,14H,7-10,19H2;2*1H. The molecule has 2 aromatic rings. The molecule has 1 saturated heterocycles. The number of nitrogens with two attached hydrogens (primary N) is 1. The number of nitrogens with zero attached hydrogens (tertiary/aromatic N) is 2. The fourth-order valence-electron chi connectivity index (χ4n) is 2.48. The quantitative estimate of drug-likeness (QED) is 0.769. The van der Waals surface area contributed by atoms with Gasteiger partial charge in [-0.2, -0.15) is 0 Å². The highest BCUT2D eigenvalue weighted by molar-refractivity contribution is 9.10. The molecular weight excluding hydrogens is 429 g/mol. The molecule has 0 spiro atoms. The van der Waals surface area contributed by atoms with Crippen LogP contribution in [0.25, 0.3) is 0 Å². The smallest absolute Gasteiger partial charge is 0.255 e. The molecule has 0 radical (unpaired) electrons. The molecule has 2 N–H and O–H groups in total. The minimum atomic E-state index is -0.000378. The summed E-state index contributed by atoms with van der Waals surface area (Å²) in [5, 5.41) is 0. The molecule has 1 aliphatic heterocycles. The molecule has 0 atom stereocenters. The Kier molecular flexibility index (Phi) is 8.65. The lowest BCUT2D eigenvalue weighted by molar-refractivity contribution is 0.0714. The molecule has 0 aliphatic carbocycles. The van der Waals surface area contributed by atoms with Crippen molar-refractivity contribution in [3.05, 3.63) is 52.6 Å². The van der Waals surface area contributed by atoms with Crippen molar-refractivity contribution in [2.24, 2.45) is 5.73 Å². The monoisotopic (exact) mass is 447 g/mol. The van der Waals surface area contributed by atoms with Crippen LogP contribution in [0.1, 0.15) is 23.2 Å². The second-order valence-corrected chi connectivity index (χ2v) is 6.49. The van der Waals surface area contributed by atoms with Gasteiger partial charge in [0.2, 0.25) is 5.88 Å². The van der Waals surface area contributed by atoms with Crippen LogP contribution in [-0.4, -0.2) is 34.9 Å². The molecule has 1 aliphatic rings. The molecule has 0 unspecified atom stereocenters. The van der Waals surface area contributed by atoms with Gasteiger partial charge in [-0.1, -0.05) is 15.9 Å². The number of benzene rings is 1. The summed E-state index contributed by atoms with van der Waals surface area (Å²) < 4.78 is 6.64. The van der Waals surface area contributed by atoms with Gasteiger partial charge < -0.3 is 15.4 Å². The van der Waals surface area contributed by atoms with Crippen molar-refractivity contribution >= 4 is 46.7 Å². The SMILES string of the molecule is Cl.Cl.NC1CCN(C(=O)c2ccc(Oc3ccc(Br)cc3)nc2)CC1. The number of pyridine rings is 1. The van der Waals surface area contributed by atoms with Crippen molar-refractivity contribution in [2.45, 2.75) is 18.9 Å². The predicted octanol–water partition coefficient (Wildman–Crippen LogP) is 4.04. The summed E-state index contributed by atoms with van der Waals surface area (Å²) in [6, 6.07) is 11.2. The summed E-state index contributed by atoms with van der Waals surface area (Å²) in [6.45, 7) is 1.41. The predicted molar refractivity (Wildman–Crippen MR) is 106 cm³/mol. The lowest BCUT2D eigenvalue weighted by atomic mass is 10.1. The Morgan fingerprint density at radius 1 is 1.12 bits per heavy atom. The number of piperidine rings is 1. The normalized spacial score (nSPS) is 14.2. The first-order chi connectivity index (χ1) is 11.1. The van der Waals surface area contributed by atoms with E-state index in [-0.39, 0.29) is 36.8 Å². The molecule has 8 heteroatoms. The van der Waals surface area contributed by atoms with Crippen LogP contribution < -0.4 is 10.5 Å². The number of aromatic nitrogens is 1. The van der Waals surface area contributed by atoms with E-state index in [9.17, 15) is 4.79 Å². The summed E-state index contributed by atoms with van der Waals surface area (Å²) >= 11 is 3.38. The largest absolute Gasteiger partial charge is 0.439 e. The summed E-state index contributed by atoms with van der Waals surface area (Å²) in [5.41, 5.74) is 6.44. The Labute approximate surface area is 167 Å². The third kappa shape index (κ3) is 5.85. The van der Waals surface area contributed by atoms with Crippen molar-refractivity contribution < 1.29 is 9.53 Å². The molecule has 0 saturated carbocycles. The van der Waals surface area contributed by atoms with Gasteiger partial charge in [-0.15, -0.1) is 24.8 Å². The van der Waals surface area contributed by atoms with Gasteiger partial charge in [0.15, 0.2) is 0 Å². The van der Waals surface area contributed by atoms with Gasteiger partial charge in [0.25, 0.3) is 5.91 Å². The second-order valence-electron chi connectivity index (χ2n) is 5.57. The number of carbonyl (C=O) groups is 1. The fraction of sp³-hybridized carbons (Fsp3) is 0.294. The molecule has 0 bridgehead atoms. The first kappa shape index (κ1) is 21.7. The molecule has 136 valence electrons. The van der Waals surface area contributed by atoms with Crippen LogP contribution in [0.3, 0.4) is 0 Å². The Bertz CT molecular complexity index is 675. The van der Waals surface area contributed by atoms with Crippen LogP contribution in [-0.2, 0) is 0 Å². The van der Waals surface area contributed by atoms with E-state index >= 15 is 0 Å². The summed E-state index contributed by atoms with van der Waals surface area (Å²) in [5.74, 6) is 1.16. The minimum Gasteiger partial charge on any atom is -0.439 e. The van der Waals surface area contributed by atoms with Gasteiger partial charge in [-0.3, -0.25) is 4.79 Å². The number of amides is 1. The Hall–Kier alpha value is -1.34. The lowest BCUT2D eigenvalue weighted by Gasteiger charge is -2.30. The zero-order valence-electron chi connectivity index (χ0n) is 13.4. The fourth-order valence-corrected chi connectivity index (χ4v) is 2.74. The highest BCUT2D eigenvalue weighted by Crippen LogP contribution is 2.22. The first-order valence-corrected chi connectivity index (χ1v) is 8.35. The van der Waals surface area contributed by atoms with E-state index in [0.29, 0.717) is 30.3 Å². The van der Waals surface area contributed by atoms with Crippen LogP contribution in [0, 0.1) is 0 Å². The number of hydrogen-bond donors (Lipinski definition) is 1. The Balaban J connectivity index is 0.00000156. The average Bonchev–Trinajstić information content (AvgIpc) is 2.58. The highest BCUT2D eigenvalue weighted by atomic mass is 79.9. The van der Waals surface area contributed by atoms with Gasteiger partial charge in [0.1, 0.15) is 5.75 Å². The van der Waals surface area contributed by atoms with Crippen molar-refractivity contribution in [1.82, 2.24) is 9.88 Å². The summed E-state index contributed by atoms with van der Waals surface area (Å²) in [7, 11) is 0. The summed E-state index contributed by atoms with van der Waals surface area (Å²) in [4.78, 5) is 18.5. The molecule has 1 aromatic heterocycles. The zero-order valence-corrected chi connectivity index (χ0v) is 16.6. The van der Waals surface area contributed by atoms with E-state index in [1.165, 1.54) is 0 Å². The van der Waals surface area contributed by atoms with Crippen molar-refractivity contribution in [3.8, 4) is 11.6 Å². The first-order valence-electron chi connectivity index (χ1n) is 7.56. The van der Waals surface area contributed by atoms with Gasteiger partial charge in [0.05, 0.1) is 5.56 Å². The van der Waals surface area contributed by atoms with Gasteiger partial charge in [0, 0.05) is 35.9 Å². The van der Waals surface area contributed by atoms with E-state index in [0.717, 1.165) is 17.3 Å². The maximum Gasteiger partial charge on any atom is 0.255 e. The van der Waals surface area contributed by atoms with E-state index in [2.05, 4.69) is 20.9 Å². The molecule has 1 fully saturated rings. The molecule has 3 rings (SSSR count).